The minimum absolute atomic E-state index is 0.183. The number of benzene rings is 3. The third-order valence-corrected chi connectivity index (χ3v) is 4.83. The molecule has 33 heavy (non-hydrogen) atoms. The van der Waals surface area contributed by atoms with E-state index in [1.807, 2.05) is 6.07 Å². The summed E-state index contributed by atoms with van der Waals surface area (Å²) in [6, 6.07) is 19.5. The van der Waals surface area contributed by atoms with Gasteiger partial charge in [-0.15, -0.1) is 0 Å². The van der Waals surface area contributed by atoms with E-state index in [9.17, 15) is 18.8 Å². The van der Waals surface area contributed by atoms with Gasteiger partial charge in [-0.3, -0.25) is 19.3 Å². The molecule has 0 saturated heterocycles. The van der Waals surface area contributed by atoms with Crippen molar-refractivity contribution in [1.82, 2.24) is 0 Å². The van der Waals surface area contributed by atoms with E-state index >= 15 is 0 Å². The molecular weight excluding hydrogens is 425 g/mol. The molecule has 1 aliphatic heterocycles. The van der Waals surface area contributed by atoms with Gasteiger partial charge in [0.25, 0.3) is 5.91 Å². The lowest BCUT2D eigenvalue weighted by Gasteiger charge is -2.29. The Morgan fingerprint density at radius 2 is 1.73 bits per heavy atom. The summed E-state index contributed by atoms with van der Waals surface area (Å²) < 4.78 is 18.5. The van der Waals surface area contributed by atoms with Crippen LogP contribution in [0.3, 0.4) is 0 Å². The molecule has 3 aromatic carbocycles. The fraction of sp³-hybridized carbons (Fsp3) is 0.0800. The van der Waals surface area contributed by atoms with E-state index in [1.165, 1.54) is 23.1 Å². The Morgan fingerprint density at radius 1 is 0.970 bits per heavy atom. The number of fused-ring (bicyclic) bond motifs is 1. The number of rotatable bonds is 6. The van der Waals surface area contributed by atoms with Crippen molar-refractivity contribution in [3.63, 3.8) is 0 Å². The zero-order chi connectivity index (χ0) is 23.2. The Balaban J connectivity index is 1.46. The Bertz CT molecular complexity index is 1210. The van der Waals surface area contributed by atoms with E-state index in [0.717, 1.165) is 0 Å². The van der Waals surface area contributed by atoms with Gasteiger partial charge < -0.3 is 15.4 Å². The summed E-state index contributed by atoms with van der Waals surface area (Å²) in [5.41, 5.74) is 2.10. The summed E-state index contributed by atoms with van der Waals surface area (Å²) in [4.78, 5) is 38.6. The van der Waals surface area contributed by atoms with Crippen molar-refractivity contribution in [3.05, 3.63) is 90.3 Å². The molecule has 3 aromatic rings. The molecule has 0 aliphatic carbocycles. The zero-order valence-corrected chi connectivity index (χ0v) is 17.5. The largest absolute Gasteiger partial charge is 0.482 e. The predicted molar refractivity (Wildman–Crippen MR) is 123 cm³/mol. The normalized spacial score (nSPS) is 12.8. The number of halogens is 1. The molecule has 0 fully saturated rings. The van der Waals surface area contributed by atoms with E-state index in [2.05, 4.69) is 10.6 Å². The van der Waals surface area contributed by atoms with Crippen LogP contribution in [0.1, 0.15) is 5.56 Å². The summed E-state index contributed by atoms with van der Waals surface area (Å²) in [5, 5.41) is 5.46. The summed E-state index contributed by atoms with van der Waals surface area (Å²) >= 11 is 0. The molecule has 166 valence electrons. The molecule has 0 saturated carbocycles. The highest BCUT2D eigenvalue weighted by atomic mass is 19.1. The van der Waals surface area contributed by atoms with Crippen LogP contribution in [0.25, 0.3) is 6.08 Å². The lowest BCUT2D eigenvalue weighted by molar-refractivity contribution is -0.123. The van der Waals surface area contributed by atoms with Crippen LogP contribution in [-0.2, 0) is 14.4 Å². The SMILES string of the molecule is O=C(/C=C/c1ccc(F)cc1)Nc1ccc2c(c1)N(CC(=O)Nc1ccccc1)C(=O)CO2. The second kappa shape index (κ2) is 9.78. The van der Waals surface area contributed by atoms with Crippen LogP contribution >= 0.6 is 0 Å². The van der Waals surface area contributed by atoms with Crippen molar-refractivity contribution >= 4 is 40.9 Å². The molecule has 7 nitrogen and oxygen atoms in total. The van der Waals surface area contributed by atoms with Gasteiger partial charge in [-0.25, -0.2) is 4.39 Å². The number of nitrogens with one attached hydrogen (secondary N) is 2. The van der Waals surface area contributed by atoms with E-state index in [1.54, 1.807) is 60.7 Å². The lowest BCUT2D eigenvalue weighted by Crippen LogP contribution is -2.43. The lowest BCUT2D eigenvalue weighted by atomic mass is 10.2. The number of carbonyl (C=O) groups excluding carboxylic acids is 3. The van der Waals surface area contributed by atoms with E-state index in [0.29, 0.717) is 28.4 Å². The van der Waals surface area contributed by atoms with E-state index in [4.69, 9.17) is 4.74 Å². The third-order valence-electron chi connectivity index (χ3n) is 4.83. The maximum absolute atomic E-state index is 13.0. The molecule has 1 heterocycles. The van der Waals surface area contributed by atoms with Crippen molar-refractivity contribution in [2.75, 3.05) is 28.7 Å². The molecular formula is C25H20FN3O4. The number of para-hydroxylation sites is 1. The second-order valence-electron chi connectivity index (χ2n) is 7.24. The quantitative estimate of drug-likeness (QED) is 0.565. The molecule has 0 spiro atoms. The molecule has 4 rings (SSSR count). The van der Waals surface area contributed by atoms with Gasteiger partial charge in [0.15, 0.2) is 6.61 Å². The maximum Gasteiger partial charge on any atom is 0.265 e. The van der Waals surface area contributed by atoms with Crippen molar-refractivity contribution in [2.24, 2.45) is 0 Å². The number of hydrogen-bond acceptors (Lipinski definition) is 4. The third kappa shape index (κ3) is 5.62. The fourth-order valence-corrected chi connectivity index (χ4v) is 3.25. The van der Waals surface area contributed by atoms with E-state index in [-0.39, 0.29) is 30.8 Å². The van der Waals surface area contributed by atoms with Gasteiger partial charge in [-0.05, 0) is 54.1 Å². The van der Waals surface area contributed by atoms with Crippen LogP contribution in [-0.4, -0.2) is 30.9 Å². The fourth-order valence-electron chi connectivity index (χ4n) is 3.25. The van der Waals surface area contributed by atoms with Crippen molar-refractivity contribution in [3.8, 4) is 5.75 Å². The number of hydrogen-bond donors (Lipinski definition) is 2. The number of anilines is 3. The van der Waals surface area contributed by atoms with Crippen LogP contribution < -0.4 is 20.3 Å². The van der Waals surface area contributed by atoms with Gasteiger partial charge in [0.05, 0.1) is 5.69 Å². The molecule has 3 amide bonds. The molecule has 0 radical (unpaired) electrons. The number of nitrogens with zero attached hydrogens (tertiary/aromatic N) is 1. The molecule has 8 heteroatoms. The van der Waals surface area contributed by atoms with Crippen LogP contribution in [0.2, 0.25) is 0 Å². The maximum atomic E-state index is 13.0. The van der Waals surface area contributed by atoms with Crippen LogP contribution in [0, 0.1) is 5.82 Å². The Hall–Kier alpha value is -4.46. The van der Waals surface area contributed by atoms with Crippen molar-refractivity contribution in [1.29, 1.82) is 0 Å². The average Bonchev–Trinajstić information content (AvgIpc) is 2.81. The molecule has 0 aromatic heterocycles. The monoisotopic (exact) mass is 445 g/mol. The number of amides is 3. The summed E-state index contributed by atoms with van der Waals surface area (Å²) in [6.45, 7) is -0.385. The minimum atomic E-state index is -0.407. The summed E-state index contributed by atoms with van der Waals surface area (Å²) in [5.74, 6) is -1.06. The Kier molecular flexibility index (Phi) is 6.45. The molecule has 2 N–H and O–H groups in total. The molecule has 0 atom stereocenters. The Morgan fingerprint density at radius 3 is 2.48 bits per heavy atom. The smallest absolute Gasteiger partial charge is 0.265 e. The minimum Gasteiger partial charge on any atom is -0.482 e. The highest BCUT2D eigenvalue weighted by molar-refractivity contribution is 6.06. The van der Waals surface area contributed by atoms with Crippen LogP contribution in [0.5, 0.6) is 5.75 Å². The first-order valence-electron chi connectivity index (χ1n) is 10.1. The highest BCUT2D eigenvalue weighted by Gasteiger charge is 2.27. The second-order valence-corrected chi connectivity index (χ2v) is 7.24. The molecule has 0 bridgehead atoms. The zero-order valence-electron chi connectivity index (χ0n) is 17.5. The summed E-state index contributed by atoms with van der Waals surface area (Å²) in [6.07, 6.45) is 2.87. The standard InChI is InChI=1S/C25H20FN3O4/c26-18-9-6-17(7-10-18)8-13-23(30)28-20-11-12-22-21(14-20)29(25(32)16-33-22)15-24(31)27-19-4-2-1-3-5-19/h1-14H,15-16H2,(H,27,31)(H,28,30)/b13-8+. The predicted octanol–water partition coefficient (Wildman–Crippen LogP) is 3.84. The first kappa shape index (κ1) is 21.8. The van der Waals surface area contributed by atoms with Gasteiger partial charge in [0.2, 0.25) is 11.8 Å². The van der Waals surface area contributed by atoms with Gasteiger partial charge in [0.1, 0.15) is 18.1 Å². The van der Waals surface area contributed by atoms with Crippen LogP contribution in [0.15, 0.2) is 78.9 Å². The Labute approximate surface area is 189 Å². The molecule has 1 aliphatic rings. The average molecular weight is 445 g/mol. The van der Waals surface area contributed by atoms with Crippen molar-refractivity contribution in [2.45, 2.75) is 0 Å². The van der Waals surface area contributed by atoms with Gasteiger partial charge in [-0.2, -0.15) is 0 Å². The highest BCUT2D eigenvalue weighted by Crippen LogP contribution is 2.34. The van der Waals surface area contributed by atoms with Gasteiger partial charge in [0, 0.05) is 17.5 Å². The van der Waals surface area contributed by atoms with Crippen molar-refractivity contribution < 1.29 is 23.5 Å². The topological polar surface area (TPSA) is 87.7 Å². The number of ether oxygens (including phenoxy) is 1. The van der Waals surface area contributed by atoms with Crippen LogP contribution in [0.4, 0.5) is 21.5 Å². The first-order valence-corrected chi connectivity index (χ1v) is 10.1. The number of carbonyl (C=O) groups is 3. The summed E-state index contributed by atoms with van der Waals surface area (Å²) in [7, 11) is 0. The van der Waals surface area contributed by atoms with Gasteiger partial charge in [-0.1, -0.05) is 30.3 Å². The van der Waals surface area contributed by atoms with E-state index < -0.39 is 5.91 Å². The van der Waals surface area contributed by atoms with Gasteiger partial charge >= 0.3 is 0 Å². The molecule has 0 unspecified atom stereocenters. The first-order chi connectivity index (χ1) is 16.0.